The number of pyridine rings is 1. The molecule has 6 nitrogen and oxygen atoms in total. The monoisotopic (exact) mass is 463 g/mol. The van der Waals surface area contributed by atoms with Crippen molar-refractivity contribution < 1.29 is 4.74 Å². The van der Waals surface area contributed by atoms with Gasteiger partial charge in [0.1, 0.15) is 18.2 Å². The Kier molecular flexibility index (Phi) is 7.08. The molecule has 5 rings (SSSR count). The van der Waals surface area contributed by atoms with Gasteiger partial charge in [0.15, 0.2) is 0 Å². The van der Waals surface area contributed by atoms with Gasteiger partial charge >= 0.3 is 0 Å². The molecule has 0 aliphatic heterocycles. The molecule has 6 heteroatoms. The molecule has 176 valence electrons. The number of tetrazole rings is 1. The lowest BCUT2D eigenvalue weighted by atomic mass is 9.94. The van der Waals surface area contributed by atoms with Gasteiger partial charge in [0.25, 0.3) is 0 Å². The highest BCUT2D eigenvalue weighted by molar-refractivity contribution is 5.78. The first-order valence-electron chi connectivity index (χ1n) is 12.1. The van der Waals surface area contributed by atoms with Crippen LogP contribution in [-0.4, -0.2) is 25.6 Å². The van der Waals surface area contributed by atoms with Gasteiger partial charge in [0, 0.05) is 11.8 Å². The molecule has 0 bridgehead atoms. The van der Waals surface area contributed by atoms with Crippen LogP contribution >= 0.6 is 0 Å². The second kappa shape index (κ2) is 10.9. The third-order valence-electron chi connectivity index (χ3n) is 6.40. The molecule has 1 N–H and O–H groups in total. The molecule has 0 saturated carbocycles. The number of para-hydroxylation sites is 1. The maximum absolute atomic E-state index is 6.05. The minimum absolute atomic E-state index is 0.458. The van der Waals surface area contributed by atoms with Crippen LogP contribution in [-0.2, 0) is 25.9 Å². The number of aryl methyl sites for hydroxylation is 3. The van der Waals surface area contributed by atoms with Crippen LogP contribution in [0.15, 0.2) is 84.9 Å². The summed E-state index contributed by atoms with van der Waals surface area (Å²) in [6.07, 6.45) is 3.83. The summed E-state index contributed by atoms with van der Waals surface area (Å²) >= 11 is 0. The summed E-state index contributed by atoms with van der Waals surface area (Å²) in [5, 5.41) is 15.2. The van der Waals surface area contributed by atoms with Gasteiger partial charge in [-0.15, -0.1) is 5.10 Å². The molecule has 0 aliphatic carbocycles. The Morgan fingerprint density at radius 3 is 2.54 bits per heavy atom. The number of rotatable bonds is 10. The van der Waals surface area contributed by atoms with Crippen molar-refractivity contribution in [1.82, 2.24) is 25.6 Å². The highest BCUT2D eigenvalue weighted by atomic mass is 16.5. The molecule has 0 aliphatic rings. The van der Waals surface area contributed by atoms with Crippen LogP contribution in [0.5, 0.6) is 5.75 Å². The van der Waals surface area contributed by atoms with E-state index >= 15 is 0 Å². The molecule has 2 heterocycles. The molecule has 35 heavy (non-hydrogen) atoms. The Bertz CT molecular complexity index is 1370. The van der Waals surface area contributed by atoms with Gasteiger partial charge < -0.3 is 4.74 Å². The first-order valence-corrected chi connectivity index (χ1v) is 12.1. The molecule has 1 atom stereocenters. The van der Waals surface area contributed by atoms with E-state index in [-0.39, 0.29) is 0 Å². The lowest BCUT2D eigenvalue weighted by Gasteiger charge is -2.12. The zero-order valence-electron chi connectivity index (χ0n) is 19.9. The van der Waals surface area contributed by atoms with Crippen LogP contribution in [0.4, 0.5) is 0 Å². The summed E-state index contributed by atoms with van der Waals surface area (Å²) in [7, 11) is 0. The van der Waals surface area contributed by atoms with Crippen LogP contribution in [0, 0.1) is 0 Å². The fourth-order valence-corrected chi connectivity index (χ4v) is 4.24. The minimum atomic E-state index is 0.458. The Morgan fingerprint density at radius 1 is 0.829 bits per heavy atom. The normalized spacial score (nSPS) is 12.0. The van der Waals surface area contributed by atoms with Crippen LogP contribution in [0.3, 0.4) is 0 Å². The van der Waals surface area contributed by atoms with E-state index in [0.717, 1.165) is 53.9 Å². The zero-order chi connectivity index (χ0) is 23.9. The second-order valence-corrected chi connectivity index (χ2v) is 8.96. The van der Waals surface area contributed by atoms with Crippen molar-refractivity contribution in [2.24, 2.45) is 0 Å². The van der Waals surface area contributed by atoms with E-state index in [4.69, 9.17) is 9.72 Å². The topological polar surface area (TPSA) is 76.6 Å². The number of ether oxygens (including phenoxy) is 1. The highest BCUT2D eigenvalue weighted by Gasteiger charge is 2.08. The number of benzene rings is 3. The van der Waals surface area contributed by atoms with E-state index < -0.39 is 0 Å². The Morgan fingerprint density at radius 2 is 1.69 bits per heavy atom. The van der Waals surface area contributed by atoms with Gasteiger partial charge in [-0.05, 0) is 76.6 Å². The SMILES string of the molecule is CC(CCc1nnn[nH]1)c1ccc(CCc2cccc(OCc3ccc4ccccc4n3)c2)cc1. The predicted molar refractivity (Wildman–Crippen MR) is 137 cm³/mol. The summed E-state index contributed by atoms with van der Waals surface area (Å²) in [6, 6.07) is 29.6. The maximum atomic E-state index is 6.05. The number of hydrogen-bond acceptors (Lipinski definition) is 5. The van der Waals surface area contributed by atoms with E-state index in [1.165, 1.54) is 16.7 Å². The lowest BCUT2D eigenvalue weighted by Crippen LogP contribution is -2.00. The van der Waals surface area contributed by atoms with E-state index in [0.29, 0.717) is 12.5 Å². The fraction of sp³-hybridized carbons (Fsp3) is 0.241. The first-order chi connectivity index (χ1) is 17.2. The van der Waals surface area contributed by atoms with Gasteiger partial charge in [-0.25, -0.2) is 10.1 Å². The number of hydrogen-bond donors (Lipinski definition) is 1. The molecule has 2 aromatic heterocycles. The first kappa shape index (κ1) is 22.7. The second-order valence-electron chi connectivity index (χ2n) is 8.96. The summed E-state index contributed by atoms with van der Waals surface area (Å²) in [6.45, 7) is 2.71. The van der Waals surface area contributed by atoms with E-state index in [9.17, 15) is 0 Å². The van der Waals surface area contributed by atoms with E-state index in [1.807, 2.05) is 30.3 Å². The number of fused-ring (bicyclic) bond motifs is 1. The van der Waals surface area contributed by atoms with Crippen molar-refractivity contribution in [3.05, 3.63) is 113 Å². The van der Waals surface area contributed by atoms with E-state index in [2.05, 4.69) is 82.1 Å². The minimum Gasteiger partial charge on any atom is -0.487 e. The van der Waals surface area contributed by atoms with Gasteiger partial charge in [-0.1, -0.05) is 67.6 Å². The number of H-pyrrole nitrogens is 1. The van der Waals surface area contributed by atoms with Crippen LogP contribution in [0.1, 0.15) is 47.5 Å². The molecular weight excluding hydrogens is 434 g/mol. The molecule has 0 spiro atoms. The molecule has 0 radical (unpaired) electrons. The molecule has 5 aromatic rings. The van der Waals surface area contributed by atoms with Gasteiger partial charge in [-0.3, -0.25) is 0 Å². The van der Waals surface area contributed by atoms with Crippen LogP contribution in [0.25, 0.3) is 10.9 Å². The molecule has 3 aromatic carbocycles. The smallest absolute Gasteiger partial charge is 0.148 e. The standard InChI is InChI=1S/C29H29N5O/c1-21(9-18-29-31-33-34-32-29)24-14-12-22(13-15-24)10-11-23-5-4-7-27(19-23)35-20-26-17-16-25-6-2-3-8-28(25)30-26/h2-8,12-17,19,21H,9-11,18,20H2,1H3,(H,31,32,33,34). The molecule has 0 fully saturated rings. The van der Waals surface area contributed by atoms with Crippen LogP contribution < -0.4 is 4.74 Å². The molecule has 0 saturated heterocycles. The molecule has 1 unspecified atom stereocenters. The van der Waals surface area contributed by atoms with Gasteiger partial charge in [0.2, 0.25) is 0 Å². The number of nitrogens with zero attached hydrogens (tertiary/aromatic N) is 4. The molecular formula is C29H29N5O. The molecule has 0 amide bonds. The number of nitrogens with one attached hydrogen (secondary N) is 1. The Hall–Kier alpha value is -4.06. The maximum Gasteiger partial charge on any atom is 0.148 e. The average Bonchev–Trinajstić information content (AvgIpc) is 3.44. The Balaban J connectivity index is 1.13. The summed E-state index contributed by atoms with van der Waals surface area (Å²) in [5.74, 6) is 2.18. The van der Waals surface area contributed by atoms with E-state index in [1.54, 1.807) is 0 Å². The highest BCUT2D eigenvalue weighted by Crippen LogP contribution is 2.22. The van der Waals surface area contributed by atoms with Gasteiger partial charge in [-0.2, -0.15) is 0 Å². The third-order valence-corrected chi connectivity index (χ3v) is 6.40. The summed E-state index contributed by atoms with van der Waals surface area (Å²) in [4.78, 5) is 4.70. The van der Waals surface area contributed by atoms with Crippen molar-refractivity contribution in [1.29, 1.82) is 0 Å². The van der Waals surface area contributed by atoms with Crippen LogP contribution in [0.2, 0.25) is 0 Å². The predicted octanol–water partition coefficient (Wildman–Crippen LogP) is 5.85. The largest absolute Gasteiger partial charge is 0.487 e. The average molecular weight is 464 g/mol. The number of aromatic nitrogens is 5. The zero-order valence-corrected chi connectivity index (χ0v) is 19.9. The summed E-state index contributed by atoms with van der Waals surface area (Å²) in [5.41, 5.74) is 5.88. The van der Waals surface area contributed by atoms with Crippen molar-refractivity contribution in [3.8, 4) is 5.75 Å². The quantitative estimate of drug-likeness (QED) is 0.281. The van der Waals surface area contributed by atoms with Crippen molar-refractivity contribution >= 4 is 10.9 Å². The lowest BCUT2D eigenvalue weighted by molar-refractivity contribution is 0.301. The van der Waals surface area contributed by atoms with Gasteiger partial charge in [0.05, 0.1) is 11.2 Å². The summed E-state index contributed by atoms with van der Waals surface area (Å²) < 4.78 is 6.05. The van der Waals surface area contributed by atoms with Crippen molar-refractivity contribution in [2.45, 2.75) is 45.1 Å². The fourth-order valence-electron chi connectivity index (χ4n) is 4.24. The van der Waals surface area contributed by atoms with Crippen molar-refractivity contribution in [2.75, 3.05) is 0 Å². The third kappa shape index (κ3) is 6.09. The number of aromatic amines is 1. The van der Waals surface area contributed by atoms with Crippen molar-refractivity contribution in [3.63, 3.8) is 0 Å². The Labute approximate surface area is 205 Å².